The molecule has 0 amide bonds. The third-order valence-electron chi connectivity index (χ3n) is 2.80. The summed E-state index contributed by atoms with van der Waals surface area (Å²) in [5.41, 5.74) is 0. The molecule has 7 nitrogen and oxygen atoms in total. The van der Waals surface area contributed by atoms with Crippen LogP contribution in [0.5, 0.6) is 0 Å². The number of unbranched alkanes of at least 4 members (excludes halogenated alkanes) is 6. The Bertz CT molecular complexity index is 305. The van der Waals surface area contributed by atoms with Gasteiger partial charge in [-0.05, 0) is 19.1 Å². The van der Waals surface area contributed by atoms with Crippen LogP contribution in [0.15, 0.2) is 4.99 Å². The average Bonchev–Trinajstić information content (AvgIpc) is 2.47. The van der Waals surface area contributed by atoms with Crippen molar-refractivity contribution in [2.45, 2.75) is 64.3 Å². The summed E-state index contributed by atoms with van der Waals surface area (Å²) < 4.78 is 0. The van der Waals surface area contributed by atoms with E-state index in [9.17, 15) is 9.59 Å². The van der Waals surface area contributed by atoms with Crippen LogP contribution in [0.4, 0.5) is 0 Å². The van der Waals surface area contributed by atoms with Gasteiger partial charge in [0.15, 0.2) is 6.04 Å². The van der Waals surface area contributed by atoms with Gasteiger partial charge in [-0.3, -0.25) is 9.88 Å². The summed E-state index contributed by atoms with van der Waals surface area (Å²) in [6.07, 6.45) is 8.56. The highest BCUT2D eigenvalue weighted by Crippen LogP contribution is 2.07. The van der Waals surface area contributed by atoms with Crippen molar-refractivity contribution in [3.05, 3.63) is 0 Å². The number of carbonyl (C=O) groups excluding carboxylic acids is 2. The molecule has 0 aliphatic carbocycles. The summed E-state index contributed by atoms with van der Waals surface area (Å²) in [4.78, 5) is 32.8. The molecule has 1 atom stereocenters. The lowest BCUT2D eigenvalue weighted by Gasteiger charge is -2.06. The Kier molecular flexibility index (Phi) is 11.6. The zero-order valence-corrected chi connectivity index (χ0v) is 11.8. The Morgan fingerprint density at radius 2 is 1.75 bits per heavy atom. The molecule has 0 saturated carbocycles. The van der Waals surface area contributed by atoms with Crippen molar-refractivity contribution in [1.82, 2.24) is 0 Å². The van der Waals surface area contributed by atoms with Crippen LogP contribution in [-0.4, -0.2) is 34.7 Å². The molecule has 0 aromatic rings. The second kappa shape index (κ2) is 12.6. The third kappa shape index (κ3) is 9.46. The molecule has 116 valence electrons. The number of carbonyl (C=O) groups is 2. The largest absolute Gasteiger partial charge is 0.366 e. The van der Waals surface area contributed by atoms with Gasteiger partial charge in [-0.15, -0.1) is 0 Å². The third-order valence-corrected chi connectivity index (χ3v) is 2.80. The van der Waals surface area contributed by atoms with E-state index >= 15 is 0 Å². The number of nitrogens with zero attached hydrogens (tertiary/aromatic N) is 1. The quantitative estimate of drug-likeness (QED) is 0.262. The number of hydrogen-bond acceptors (Lipinski definition) is 7. The van der Waals surface area contributed by atoms with Crippen LogP contribution < -0.4 is 0 Å². The molecule has 2 N–H and O–H groups in total. The second-order valence-corrected chi connectivity index (χ2v) is 4.48. The molecule has 7 heteroatoms. The summed E-state index contributed by atoms with van der Waals surface area (Å²) in [5.74, 6) is -2.08. The fraction of sp³-hybridized carbons (Fsp3) is 0.769. The lowest BCUT2D eigenvalue weighted by Crippen LogP contribution is -2.24. The van der Waals surface area contributed by atoms with E-state index in [4.69, 9.17) is 10.5 Å². The standard InChI is InChI=1S/C13H23NO6/c1-2-3-4-5-6-7-8-9-14-11(13(16)20-18)10-12(15)19-17/h9,11,17-18H,2-8,10H2,1H3. The van der Waals surface area contributed by atoms with Gasteiger partial charge in [-0.1, -0.05) is 39.0 Å². The Morgan fingerprint density at radius 3 is 2.35 bits per heavy atom. The van der Waals surface area contributed by atoms with Crippen LogP contribution >= 0.6 is 0 Å². The first kappa shape index (κ1) is 18.5. The lowest BCUT2D eigenvalue weighted by atomic mass is 10.1. The average molecular weight is 289 g/mol. The Hall–Kier alpha value is -1.47. The van der Waals surface area contributed by atoms with Gasteiger partial charge in [-0.25, -0.2) is 9.59 Å². The summed E-state index contributed by atoms with van der Waals surface area (Å²) in [7, 11) is 0. The fourth-order valence-corrected chi connectivity index (χ4v) is 1.67. The van der Waals surface area contributed by atoms with E-state index < -0.39 is 24.4 Å². The van der Waals surface area contributed by atoms with Gasteiger partial charge in [0.2, 0.25) is 0 Å². The Balaban J connectivity index is 3.95. The zero-order chi connectivity index (χ0) is 15.2. The van der Waals surface area contributed by atoms with Crippen molar-refractivity contribution in [1.29, 1.82) is 0 Å². The van der Waals surface area contributed by atoms with Crippen molar-refractivity contribution in [3.8, 4) is 0 Å². The maximum atomic E-state index is 11.1. The van der Waals surface area contributed by atoms with Crippen LogP contribution in [0, 0.1) is 0 Å². The molecule has 0 bridgehead atoms. The zero-order valence-electron chi connectivity index (χ0n) is 11.8. The van der Waals surface area contributed by atoms with E-state index in [2.05, 4.69) is 21.7 Å². The Morgan fingerprint density at radius 1 is 1.10 bits per heavy atom. The smallest absolute Gasteiger partial charge is 0.301 e. The molecule has 0 fully saturated rings. The molecule has 0 spiro atoms. The van der Waals surface area contributed by atoms with E-state index in [1.54, 1.807) is 0 Å². The maximum absolute atomic E-state index is 11.1. The lowest BCUT2D eigenvalue weighted by molar-refractivity contribution is -0.242. The molecular formula is C13H23NO6. The van der Waals surface area contributed by atoms with E-state index in [1.165, 1.54) is 31.9 Å². The summed E-state index contributed by atoms with van der Waals surface area (Å²) in [5, 5.41) is 16.4. The van der Waals surface area contributed by atoms with Gasteiger partial charge in [-0.2, -0.15) is 10.5 Å². The van der Waals surface area contributed by atoms with E-state index in [-0.39, 0.29) is 0 Å². The van der Waals surface area contributed by atoms with Crippen LogP contribution in [0.25, 0.3) is 0 Å². The van der Waals surface area contributed by atoms with Gasteiger partial charge in [0.25, 0.3) is 0 Å². The van der Waals surface area contributed by atoms with E-state index in [1.807, 2.05) is 0 Å². The molecule has 0 aromatic carbocycles. The normalized spacial score (nSPS) is 12.3. The molecule has 0 saturated heterocycles. The number of rotatable bonds is 11. The predicted octanol–water partition coefficient (Wildman–Crippen LogP) is 2.60. The van der Waals surface area contributed by atoms with Crippen molar-refractivity contribution >= 4 is 18.2 Å². The highest BCUT2D eigenvalue weighted by Gasteiger charge is 2.23. The molecule has 0 aromatic heterocycles. The topological polar surface area (TPSA) is 105 Å². The summed E-state index contributed by atoms with van der Waals surface area (Å²) >= 11 is 0. The monoisotopic (exact) mass is 289 g/mol. The van der Waals surface area contributed by atoms with Gasteiger partial charge >= 0.3 is 11.9 Å². The molecule has 0 heterocycles. The van der Waals surface area contributed by atoms with Gasteiger partial charge in [0.1, 0.15) is 0 Å². The molecule has 1 unspecified atom stereocenters. The first-order valence-electron chi connectivity index (χ1n) is 6.86. The molecule has 20 heavy (non-hydrogen) atoms. The van der Waals surface area contributed by atoms with Crippen molar-refractivity contribution in [3.63, 3.8) is 0 Å². The SMILES string of the molecule is CCCCCCCCC=NC(CC(=O)OO)C(=O)OO. The minimum absolute atomic E-state index is 0.483. The van der Waals surface area contributed by atoms with Crippen molar-refractivity contribution in [2.24, 2.45) is 4.99 Å². The first-order valence-corrected chi connectivity index (χ1v) is 6.86. The summed E-state index contributed by atoms with van der Waals surface area (Å²) in [6, 6.07) is -1.19. The minimum atomic E-state index is -1.19. The molecular weight excluding hydrogens is 266 g/mol. The highest BCUT2D eigenvalue weighted by molar-refractivity contribution is 5.83. The minimum Gasteiger partial charge on any atom is -0.301 e. The Labute approximate surface area is 118 Å². The molecule has 0 aliphatic heterocycles. The number of aliphatic imine (C=N–C) groups is 1. The van der Waals surface area contributed by atoms with Crippen LogP contribution in [-0.2, 0) is 19.4 Å². The molecule has 0 rings (SSSR count). The number of hydrogen-bond donors (Lipinski definition) is 2. The van der Waals surface area contributed by atoms with Crippen molar-refractivity contribution < 1.29 is 29.9 Å². The maximum Gasteiger partial charge on any atom is 0.366 e. The summed E-state index contributed by atoms with van der Waals surface area (Å²) in [6.45, 7) is 2.16. The van der Waals surface area contributed by atoms with E-state index in [0.29, 0.717) is 6.42 Å². The van der Waals surface area contributed by atoms with Crippen LogP contribution in [0.1, 0.15) is 58.3 Å². The van der Waals surface area contributed by atoms with Crippen LogP contribution in [0.3, 0.4) is 0 Å². The fourth-order valence-electron chi connectivity index (χ4n) is 1.67. The highest BCUT2D eigenvalue weighted by atomic mass is 17.1. The van der Waals surface area contributed by atoms with Gasteiger partial charge in [0, 0.05) is 0 Å². The first-order chi connectivity index (χ1) is 9.65. The van der Waals surface area contributed by atoms with Gasteiger partial charge < -0.3 is 4.89 Å². The second-order valence-electron chi connectivity index (χ2n) is 4.48. The van der Waals surface area contributed by atoms with Crippen LogP contribution in [0.2, 0.25) is 0 Å². The molecule has 0 aliphatic rings. The van der Waals surface area contributed by atoms with Gasteiger partial charge in [0.05, 0.1) is 6.42 Å². The molecule has 0 radical (unpaired) electrons. The van der Waals surface area contributed by atoms with Crippen molar-refractivity contribution in [2.75, 3.05) is 0 Å². The van der Waals surface area contributed by atoms with E-state index in [0.717, 1.165) is 12.8 Å². The predicted molar refractivity (Wildman–Crippen MR) is 72.3 cm³/mol.